The molecule has 4 nitrogen and oxygen atoms in total. The Bertz CT molecular complexity index is 453. The van der Waals surface area contributed by atoms with Gasteiger partial charge < -0.3 is 16.2 Å². The summed E-state index contributed by atoms with van der Waals surface area (Å²) in [7, 11) is 0. The fourth-order valence-electron chi connectivity index (χ4n) is 1.31. The molecule has 0 radical (unpaired) electrons. The molecule has 0 amide bonds. The fraction of sp³-hybridized carbons (Fsp3) is 0.182. The van der Waals surface area contributed by atoms with E-state index in [0.717, 1.165) is 16.3 Å². The molecule has 0 aliphatic heterocycles. The van der Waals surface area contributed by atoms with Gasteiger partial charge in [0, 0.05) is 6.54 Å². The van der Waals surface area contributed by atoms with Crippen LogP contribution in [-0.4, -0.2) is 10.1 Å². The van der Waals surface area contributed by atoms with Gasteiger partial charge in [0.25, 0.3) is 0 Å². The lowest BCUT2D eigenvalue weighted by molar-refractivity contribution is 0.282. The van der Waals surface area contributed by atoms with Crippen LogP contribution in [0.4, 0.5) is 10.1 Å². The van der Waals surface area contributed by atoms with E-state index in [4.69, 9.17) is 10.8 Å². The van der Waals surface area contributed by atoms with Crippen molar-refractivity contribution in [1.29, 1.82) is 0 Å². The number of aliphatic hydroxyl groups excluding tert-OH is 1. The number of anilines is 2. The third-order valence-corrected chi connectivity index (χ3v) is 2.96. The summed E-state index contributed by atoms with van der Waals surface area (Å²) in [5, 5.41) is 13.6. The number of nitrogen functional groups attached to an aromatic ring is 1. The number of aromatic nitrogens is 1. The van der Waals surface area contributed by atoms with Crippen molar-refractivity contribution in [3.05, 3.63) is 41.6 Å². The van der Waals surface area contributed by atoms with Crippen LogP contribution in [0.3, 0.4) is 0 Å². The quantitative estimate of drug-likeness (QED) is 0.756. The molecule has 4 N–H and O–H groups in total. The lowest BCUT2D eigenvalue weighted by atomic mass is 10.1. The van der Waals surface area contributed by atoms with Crippen molar-refractivity contribution < 1.29 is 5.11 Å². The maximum absolute atomic E-state index is 8.90. The molecule has 1 heterocycles. The summed E-state index contributed by atoms with van der Waals surface area (Å²) >= 11 is 1.43. The van der Waals surface area contributed by atoms with Crippen molar-refractivity contribution in [3.8, 4) is 0 Å². The van der Waals surface area contributed by atoms with Gasteiger partial charge in [0.15, 0.2) is 5.13 Å². The summed E-state index contributed by atoms with van der Waals surface area (Å²) in [6.45, 7) is 0.787. The molecule has 1 aromatic carbocycles. The molecule has 0 fully saturated rings. The summed E-state index contributed by atoms with van der Waals surface area (Å²) < 4.78 is 0. The highest BCUT2D eigenvalue weighted by Gasteiger charge is 1.98. The van der Waals surface area contributed by atoms with E-state index in [0.29, 0.717) is 11.5 Å². The zero-order valence-electron chi connectivity index (χ0n) is 8.68. The summed E-state index contributed by atoms with van der Waals surface area (Å²) in [4.78, 5) is 4.11. The van der Waals surface area contributed by atoms with Crippen molar-refractivity contribution in [2.75, 3.05) is 11.1 Å². The van der Waals surface area contributed by atoms with Gasteiger partial charge in [-0.05, 0) is 11.1 Å². The molecular formula is C11H13N3OS. The second-order valence-corrected chi connectivity index (χ2v) is 4.46. The highest BCUT2D eigenvalue weighted by atomic mass is 32.1. The number of nitrogens with two attached hydrogens (primary N) is 1. The molecule has 0 unspecified atom stereocenters. The van der Waals surface area contributed by atoms with Gasteiger partial charge in [0.1, 0.15) is 5.00 Å². The van der Waals surface area contributed by atoms with Gasteiger partial charge >= 0.3 is 0 Å². The third kappa shape index (κ3) is 2.71. The van der Waals surface area contributed by atoms with Crippen LogP contribution in [0.25, 0.3) is 0 Å². The van der Waals surface area contributed by atoms with Crippen LogP contribution in [0.1, 0.15) is 11.1 Å². The fourth-order valence-corrected chi connectivity index (χ4v) is 1.89. The van der Waals surface area contributed by atoms with E-state index in [9.17, 15) is 0 Å². The predicted octanol–water partition coefficient (Wildman–Crippen LogP) is 1.83. The lowest BCUT2D eigenvalue weighted by Gasteiger charge is -2.03. The Labute approximate surface area is 97.8 Å². The highest BCUT2D eigenvalue weighted by Crippen LogP contribution is 2.20. The first kappa shape index (κ1) is 10.9. The molecule has 0 saturated carbocycles. The van der Waals surface area contributed by atoms with Gasteiger partial charge in [-0.15, -0.1) is 0 Å². The number of nitrogens with zero attached hydrogens (tertiary/aromatic N) is 1. The first-order chi connectivity index (χ1) is 7.78. The zero-order chi connectivity index (χ0) is 11.4. The number of benzene rings is 1. The van der Waals surface area contributed by atoms with Crippen molar-refractivity contribution in [2.45, 2.75) is 13.2 Å². The van der Waals surface area contributed by atoms with E-state index in [1.807, 2.05) is 24.3 Å². The number of aliphatic hydroxyl groups is 1. The van der Waals surface area contributed by atoms with Gasteiger partial charge in [-0.2, -0.15) is 0 Å². The highest BCUT2D eigenvalue weighted by molar-refractivity contribution is 7.19. The summed E-state index contributed by atoms with van der Waals surface area (Å²) in [5.74, 6) is 0. The van der Waals surface area contributed by atoms with Gasteiger partial charge in [-0.25, -0.2) is 4.98 Å². The van der Waals surface area contributed by atoms with Crippen molar-refractivity contribution in [3.63, 3.8) is 0 Å². The SMILES string of the molecule is Nc1cnc(NCc2ccc(CO)cc2)s1. The van der Waals surface area contributed by atoms with Crippen LogP contribution < -0.4 is 11.1 Å². The molecular weight excluding hydrogens is 222 g/mol. The van der Waals surface area contributed by atoms with Crippen molar-refractivity contribution >= 4 is 21.5 Å². The molecule has 2 rings (SSSR count). The minimum Gasteiger partial charge on any atom is -0.392 e. The molecule has 84 valence electrons. The monoisotopic (exact) mass is 235 g/mol. The molecule has 0 aliphatic rings. The number of rotatable bonds is 4. The number of nitrogens with one attached hydrogen (secondary N) is 1. The maximum atomic E-state index is 8.90. The maximum Gasteiger partial charge on any atom is 0.184 e. The standard InChI is InChI=1S/C11H13N3OS/c12-10-6-14-11(16-10)13-5-8-1-3-9(7-15)4-2-8/h1-4,6,15H,5,7,12H2,(H,13,14). The molecule has 2 aromatic rings. The molecule has 16 heavy (non-hydrogen) atoms. The van der Waals surface area contributed by atoms with Gasteiger partial charge in [-0.3, -0.25) is 0 Å². The Morgan fingerprint density at radius 2 is 1.94 bits per heavy atom. The Morgan fingerprint density at radius 3 is 2.50 bits per heavy atom. The van der Waals surface area contributed by atoms with Crippen LogP contribution in [0.2, 0.25) is 0 Å². The van der Waals surface area contributed by atoms with E-state index in [1.54, 1.807) is 6.20 Å². The average Bonchev–Trinajstić information content (AvgIpc) is 2.73. The summed E-state index contributed by atoms with van der Waals surface area (Å²) in [6, 6.07) is 7.78. The third-order valence-electron chi connectivity index (χ3n) is 2.17. The number of hydrogen-bond acceptors (Lipinski definition) is 5. The molecule has 1 aromatic heterocycles. The molecule has 0 saturated heterocycles. The second kappa shape index (κ2) is 4.96. The largest absolute Gasteiger partial charge is 0.392 e. The Kier molecular flexibility index (Phi) is 3.38. The molecule has 5 heteroatoms. The smallest absolute Gasteiger partial charge is 0.184 e. The van der Waals surface area contributed by atoms with E-state index < -0.39 is 0 Å². The topological polar surface area (TPSA) is 71.2 Å². The molecule has 0 spiro atoms. The van der Waals surface area contributed by atoms with Gasteiger partial charge in [0.2, 0.25) is 0 Å². The van der Waals surface area contributed by atoms with E-state index in [1.165, 1.54) is 11.3 Å². The van der Waals surface area contributed by atoms with Gasteiger partial charge in [-0.1, -0.05) is 35.6 Å². The summed E-state index contributed by atoms with van der Waals surface area (Å²) in [6.07, 6.45) is 1.64. The van der Waals surface area contributed by atoms with E-state index in [2.05, 4.69) is 10.3 Å². The van der Waals surface area contributed by atoms with Crippen molar-refractivity contribution in [1.82, 2.24) is 4.98 Å². The normalized spacial score (nSPS) is 10.3. The van der Waals surface area contributed by atoms with Crippen LogP contribution >= 0.6 is 11.3 Å². The van der Waals surface area contributed by atoms with Crippen LogP contribution in [0, 0.1) is 0 Å². The van der Waals surface area contributed by atoms with Gasteiger partial charge in [0.05, 0.1) is 12.8 Å². The van der Waals surface area contributed by atoms with E-state index in [-0.39, 0.29) is 6.61 Å². The van der Waals surface area contributed by atoms with Crippen LogP contribution in [0.15, 0.2) is 30.5 Å². The predicted molar refractivity (Wildman–Crippen MR) is 66.2 cm³/mol. The molecule has 0 atom stereocenters. The Morgan fingerprint density at radius 1 is 1.25 bits per heavy atom. The minimum absolute atomic E-state index is 0.0801. The first-order valence-corrected chi connectivity index (χ1v) is 5.73. The molecule has 0 bridgehead atoms. The summed E-state index contributed by atoms with van der Waals surface area (Å²) in [5.41, 5.74) is 7.64. The lowest BCUT2D eigenvalue weighted by Crippen LogP contribution is -1.98. The van der Waals surface area contributed by atoms with Crippen LogP contribution in [-0.2, 0) is 13.2 Å². The zero-order valence-corrected chi connectivity index (χ0v) is 9.50. The number of hydrogen-bond donors (Lipinski definition) is 3. The van der Waals surface area contributed by atoms with E-state index >= 15 is 0 Å². The average molecular weight is 235 g/mol. The van der Waals surface area contributed by atoms with Crippen LogP contribution in [0.5, 0.6) is 0 Å². The Balaban J connectivity index is 1.94. The van der Waals surface area contributed by atoms with Crippen molar-refractivity contribution in [2.24, 2.45) is 0 Å². The number of thiazole rings is 1. The second-order valence-electron chi connectivity index (χ2n) is 3.40. The minimum atomic E-state index is 0.0801. The first-order valence-electron chi connectivity index (χ1n) is 4.92. The Hall–Kier alpha value is -1.59. The molecule has 0 aliphatic carbocycles.